The molecule has 1 aromatic carbocycles. The maximum Gasteiger partial charge on any atom is 0.142 e. The molecule has 0 spiro atoms. The van der Waals surface area contributed by atoms with Gasteiger partial charge in [-0.25, -0.2) is 0 Å². The summed E-state index contributed by atoms with van der Waals surface area (Å²) in [6.45, 7) is 6.44. The molecule has 6 heteroatoms. The van der Waals surface area contributed by atoms with Crippen molar-refractivity contribution in [1.82, 2.24) is 24.9 Å². The molecule has 4 rings (SSSR count). The maximum absolute atomic E-state index is 12.8. The number of carbonyl (C=O) groups excluding carboxylic acids is 1. The normalized spacial score (nSPS) is 16.1. The van der Waals surface area contributed by atoms with E-state index in [0.29, 0.717) is 18.2 Å². The number of piperidine rings is 1. The molecule has 2 aromatic heterocycles. The van der Waals surface area contributed by atoms with Gasteiger partial charge in [0.25, 0.3) is 0 Å². The monoisotopic (exact) mass is 377 g/mol. The average molecular weight is 377 g/mol. The number of hydrogen-bond acceptors (Lipinski definition) is 5. The average Bonchev–Trinajstić information content (AvgIpc) is 3.14. The number of likely N-dealkylation sites (tertiary alicyclic amines) is 1. The standard InChI is InChI=1S/C22H27N5O/c1-15(2)27-8-6-16(7-9-27)22(28)12-20-11-18-10-17(4-5-21(18)25-24-20)19-13-23-26(3)14-19/h4-5,10-11,13-16H,6-9,12H2,1-3H3. The molecule has 3 heterocycles. The lowest BCUT2D eigenvalue weighted by Gasteiger charge is -2.33. The second-order valence-electron chi connectivity index (χ2n) is 8.06. The molecule has 28 heavy (non-hydrogen) atoms. The summed E-state index contributed by atoms with van der Waals surface area (Å²) in [4.78, 5) is 15.2. The molecule has 1 aliphatic heterocycles. The smallest absolute Gasteiger partial charge is 0.142 e. The quantitative estimate of drug-likeness (QED) is 0.683. The van der Waals surface area contributed by atoms with Crippen molar-refractivity contribution in [2.45, 2.75) is 39.2 Å². The van der Waals surface area contributed by atoms with E-state index in [1.807, 2.05) is 37.6 Å². The van der Waals surface area contributed by atoms with E-state index in [-0.39, 0.29) is 5.92 Å². The van der Waals surface area contributed by atoms with Crippen molar-refractivity contribution in [2.75, 3.05) is 13.1 Å². The molecule has 3 aromatic rings. The van der Waals surface area contributed by atoms with Crippen LogP contribution in [0.5, 0.6) is 0 Å². The zero-order valence-electron chi connectivity index (χ0n) is 16.8. The summed E-state index contributed by atoms with van der Waals surface area (Å²) in [7, 11) is 1.91. The van der Waals surface area contributed by atoms with Gasteiger partial charge in [-0.05, 0) is 63.5 Å². The summed E-state index contributed by atoms with van der Waals surface area (Å²) >= 11 is 0. The van der Waals surface area contributed by atoms with E-state index in [9.17, 15) is 4.79 Å². The zero-order valence-corrected chi connectivity index (χ0v) is 16.8. The first kappa shape index (κ1) is 18.7. The molecule has 0 radical (unpaired) electrons. The van der Waals surface area contributed by atoms with Gasteiger partial charge in [0.2, 0.25) is 0 Å². The zero-order chi connectivity index (χ0) is 19.7. The van der Waals surface area contributed by atoms with Gasteiger partial charge in [0.1, 0.15) is 5.78 Å². The van der Waals surface area contributed by atoms with Gasteiger partial charge in [0, 0.05) is 36.2 Å². The second kappa shape index (κ2) is 7.80. The minimum atomic E-state index is 0.147. The highest BCUT2D eigenvalue weighted by Crippen LogP contribution is 2.24. The molecule has 0 unspecified atom stereocenters. The Morgan fingerprint density at radius 3 is 2.61 bits per heavy atom. The summed E-state index contributed by atoms with van der Waals surface area (Å²) in [6, 6.07) is 8.65. The van der Waals surface area contributed by atoms with Gasteiger partial charge in [-0.2, -0.15) is 15.3 Å². The summed E-state index contributed by atoms with van der Waals surface area (Å²) in [5, 5.41) is 13.9. The number of fused-ring (bicyclic) bond motifs is 1. The van der Waals surface area contributed by atoms with E-state index >= 15 is 0 Å². The Morgan fingerprint density at radius 2 is 1.93 bits per heavy atom. The van der Waals surface area contributed by atoms with Gasteiger partial charge < -0.3 is 4.90 Å². The van der Waals surface area contributed by atoms with E-state index in [2.05, 4.69) is 40.1 Å². The molecular formula is C22H27N5O. The van der Waals surface area contributed by atoms with Crippen molar-refractivity contribution in [2.24, 2.45) is 13.0 Å². The molecule has 0 bridgehead atoms. The van der Waals surface area contributed by atoms with E-state index in [1.54, 1.807) is 4.68 Å². The largest absolute Gasteiger partial charge is 0.301 e. The summed E-state index contributed by atoms with van der Waals surface area (Å²) in [6.07, 6.45) is 6.10. The van der Waals surface area contributed by atoms with Crippen molar-refractivity contribution < 1.29 is 4.79 Å². The lowest BCUT2D eigenvalue weighted by atomic mass is 9.89. The Morgan fingerprint density at radius 1 is 1.14 bits per heavy atom. The van der Waals surface area contributed by atoms with E-state index in [1.165, 1.54) is 0 Å². The molecule has 0 atom stereocenters. The van der Waals surface area contributed by atoms with Crippen molar-refractivity contribution in [3.63, 3.8) is 0 Å². The predicted molar refractivity (Wildman–Crippen MR) is 110 cm³/mol. The van der Waals surface area contributed by atoms with Gasteiger partial charge in [0.15, 0.2) is 0 Å². The van der Waals surface area contributed by atoms with Crippen molar-refractivity contribution in [3.05, 3.63) is 42.4 Å². The molecule has 6 nitrogen and oxygen atoms in total. The Kier molecular flexibility index (Phi) is 5.22. The highest BCUT2D eigenvalue weighted by molar-refractivity contribution is 5.86. The molecular weight excluding hydrogens is 350 g/mol. The third kappa shape index (κ3) is 3.97. The van der Waals surface area contributed by atoms with Crippen LogP contribution in [0.1, 0.15) is 32.4 Å². The Balaban J connectivity index is 1.49. The molecule has 1 fully saturated rings. The van der Waals surface area contributed by atoms with Crippen LogP contribution in [0.3, 0.4) is 0 Å². The number of nitrogens with zero attached hydrogens (tertiary/aromatic N) is 5. The lowest BCUT2D eigenvalue weighted by Crippen LogP contribution is -2.40. The van der Waals surface area contributed by atoms with Gasteiger partial charge in [0.05, 0.1) is 23.8 Å². The third-order valence-corrected chi connectivity index (χ3v) is 5.74. The predicted octanol–water partition coefficient (Wildman–Crippen LogP) is 3.26. The molecule has 1 saturated heterocycles. The molecule has 0 saturated carbocycles. The van der Waals surface area contributed by atoms with Gasteiger partial charge in [-0.15, -0.1) is 0 Å². The second-order valence-corrected chi connectivity index (χ2v) is 8.06. The summed E-state index contributed by atoms with van der Waals surface area (Å²) in [5.74, 6) is 0.440. The maximum atomic E-state index is 12.8. The molecule has 0 aliphatic carbocycles. The van der Waals surface area contributed by atoms with Crippen LogP contribution in [0.4, 0.5) is 0 Å². The van der Waals surface area contributed by atoms with Crippen molar-refractivity contribution in [3.8, 4) is 11.1 Å². The first-order valence-electron chi connectivity index (χ1n) is 10.0. The molecule has 146 valence electrons. The number of hydrogen-bond donors (Lipinski definition) is 0. The van der Waals surface area contributed by atoms with Crippen LogP contribution < -0.4 is 0 Å². The number of Topliss-reactive ketones (excluding diaryl/α,β-unsaturated/α-hetero) is 1. The number of benzene rings is 1. The number of carbonyl (C=O) groups is 1. The molecule has 1 aliphatic rings. The molecule has 0 amide bonds. The van der Waals surface area contributed by atoms with Crippen LogP contribution in [0.25, 0.3) is 22.0 Å². The lowest BCUT2D eigenvalue weighted by molar-refractivity contribution is -0.123. The van der Waals surface area contributed by atoms with Crippen LogP contribution in [0.15, 0.2) is 36.7 Å². The number of aryl methyl sites for hydroxylation is 1. The van der Waals surface area contributed by atoms with Gasteiger partial charge in [-0.3, -0.25) is 9.48 Å². The van der Waals surface area contributed by atoms with Crippen LogP contribution in [-0.2, 0) is 18.3 Å². The van der Waals surface area contributed by atoms with E-state index in [0.717, 1.165) is 53.7 Å². The van der Waals surface area contributed by atoms with Crippen LogP contribution >= 0.6 is 0 Å². The van der Waals surface area contributed by atoms with Crippen molar-refractivity contribution >= 4 is 16.7 Å². The summed E-state index contributed by atoms with van der Waals surface area (Å²) in [5.41, 5.74) is 3.75. The van der Waals surface area contributed by atoms with Crippen LogP contribution in [0.2, 0.25) is 0 Å². The fourth-order valence-electron chi connectivity index (χ4n) is 3.98. The first-order valence-corrected chi connectivity index (χ1v) is 10.0. The minimum absolute atomic E-state index is 0.147. The van der Waals surface area contributed by atoms with Crippen LogP contribution in [0, 0.1) is 5.92 Å². The van der Waals surface area contributed by atoms with Gasteiger partial charge >= 0.3 is 0 Å². The number of aromatic nitrogens is 4. The highest BCUT2D eigenvalue weighted by Gasteiger charge is 2.26. The van der Waals surface area contributed by atoms with E-state index < -0.39 is 0 Å². The summed E-state index contributed by atoms with van der Waals surface area (Å²) < 4.78 is 1.79. The number of rotatable bonds is 5. The topological polar surface area (TPSA) is 63.9 Å². The SMILES string of the molecule is CC(C)N1CCC(C(=O)Cc2cc3cc(-c4cnn(C)c4)ccc3nn2)CC1. The minimum Gasteiger partial charge on any atom is -0.301 e. The first-order chi connectivity index (χ1) is 13.5. The Bertz CT molecular complexity index is 986. The fourth-order valence-corrected chi connectivity index (χ4v) is 3.98. The van der Waals surface area contributed by atoms with Crippen LogP contribution in [-0.4, -0.2) is 49.8 Å². The third-order valence-electron chi connectivity index (χ3n) is 5.74. The van der Waals surface area contributed by atoms with Crippen molar-refractivity contribution in [1.29, 1.82) is 0 Å². The molecule has 0 N–H and O–H groups in total. The van der Waals surface area contributed by atoms with E-state index in [4.69, 9.17) is 0 Å². The Labute approximate surface area is 165 Å². The number of ketones is 1. The highest BCUT2D eigenvalue weighted by atomic mass is 16.1. The fraction of sp³-hybridized carbons (Fsp3) is 0.455. The Hall–Kier alpha value is -2.60. The van der Waals surface area contributed by atoms with Gasteiger partial charge in [-0.1, -0.05) is 6.07 Å².